The molecule has 2 aliphatic rings. The highest BCUT2D eigenvalue weighted by atomic mass is 32.2. The van der Waals surface area contributed by atoms with Gasteiger partial charge in [0.2, 0.25) is 0 Å². The summed E-state index contributed by atoms with van der Waals surface area (Å²) in [6, 6.07) is 5.15. The van der Waals surface area contributed by atoms with E-state index in [1.54, 1.807) is 0 Å². The summed E-state index contributed by atoms with van der Waals surface area (Å²) in [5.74, 6) is 1.72. The second-order valence-corrected chi connectivity index (χ2v) is 6.62. The second kappa shape index (κ2) is 4.86. The van der Waals surface area contributed by atoms with E-state index >= 15 is 0 Å². The Morgan fingerprint density at radius 3 is 2.94 bits per heavy atom. The van der Waals surface area contributed by atoms with Crippen molar-refractivity contribution in [1.82, 2.24) is 10.3 Å². The molecule has 4 heteroatoms. The van der Waals surface area contributed by atoms with Gasteiger partial charge in [-0.05, 0) is 37.3 Å². The van der Waals surface area contributed by atoms with E-state index < -0.39 is 10.8 Å². The molecule has 1 aromatic rings. The third-order valence-electron chi connectivity index (χ3n) is 3.78. The number of pyridine rings is 1. The first kappa shape index (κ1) is 11.4. The Labute approximate surface area is 104 Å². The molecule has 3 rings (SSSR count). The third-order valence-corrected chi connectivity index (χ3v) is 5.17. The maximum absolute atomic E-state index is 11.3. The summed E-state index contributed by atoms with van der Waals surface area (Å²) in [5.41, 5.74) is 2.63. The van der Waals surface area contributed by atoms with Gasteiger partial charge in [0.05, 0.1) is 11.7 Å². The first-order chi connectivity index (χ1) is 8.33. The van der Waals surface area contributed by atoms with Gasteiger partial charge in [0, 0.05) is 34.5 Å². The molecule has 1 atom stereocenters. The van der Waals surface area contributed by atoms with Crippen LogP contribution in [-0.2, 0) is 17.2 Å². The highest BCUT2D eigenvalue weighted by Crippen LogP contribution is 2.30. The Morgan fingerprint density at radius 2 is 2.12 bits per heavy atom. The van der Waals surface area contributed by atoms with Gasteiger partial charge in [0.15, 0.2) is 0 Å². The van der Waals surface area contributed by atoms with Crippen molar-refractivity contribution in [2.75, 3.05) is 11.5 Å². The lowest BCUT2D eigenvalue weighted by molar-refractivity contribution is 0.404. The molecular weight excluding hydrogens is 232 g/mol. The van der Waals surface area contributed by atoms with Crippen molar-refractivity contribution in [2.45, 2.75) is 37.8 Å². The zero-order chi connectivity index (χ0) is 11.7. The van der Waals surface area contributed by atoms with Gasteiger partial charge in [-0.2, -0.15) is 0 Å². The Kier molecular flexibility index (Phi) is 3.25. The fourth-order valence-electron chi connectivity index (χ4n) is 2.82. The molecule has 1 aromatic heterocycles. The summed E-state index contributed by atoms with van der Waals surface area (Å²) in [6.45, 7) is 0. The predicted octanol–water partition coefficient (Wildman–Crippen LogP) is 1.57. The van der Waals surface area contributed by atoms with E-state index in [0.717, 1.165) is 37.2 Å². The summed E-state index contributed by atoms with van der Waals surface area (Å²) >= 11 is 0. The van der Waals surface area contributed by atoms with E-state index in [0.29, 0.717) is 12.1 Å². The van der Waals surface area contributed by atoms with Gasteiger partial charge in [-0.15, -0.1) is 0 Å². The number of nitrogens with zero attached hydrogens (tertiary/aromatic N) is 1. The van der Waals surface area contributed by atoms with Crippen LogP contribution >= 0.6 is 0 Å². The summed E-state index contributed by atoms with van der Waals surface area (Å²) < 4.78 is 11.3. The van der Waals surface area contributed by atoms with Crippen LogP contribution in [0.4, 0.5) is 0 Å². The Bertz CT molecular complexity index is 425. The van der Waals surface area contributed by atoms with E-state index in [2.05, 4.69) is 16.4 Å². The number of aryl methyl sites for hydroxylation is 1. The maximum Gasteiger partial charge on any atom is 0.0605 e. The first-order valence-electron chi connectivity index (χ1n) is 6.38. The van der Waals surface area contributed by atoms with Crippen LogP contribution in [0.5, 0.6) is 0 Å². The van der Waals surface area contributed by atoms with Gasteiger partial charge < -0.3 is 5.32 Å². The van der Waals surface area contributed by atoms with Gasteiger partial charge in [-0.3, -0.25) is 9.19 Å². The minimum absolute atomic E-state index is 0.419. The summed E-state index contributed by atoms with van der Waals surface area (Å²) in [6.07, 6.45) is 6.27. The van der Waals surface area contributed by atoms with Gasteiger partial charge in [0.1, 0.15) is 0 Å². The smallest absolute Gasteiger partial charge is 0.0605 e. The van der Waals surface area contributed by atoms with E-state index in [4.69, 9.17) is 0 Å². The van der Waals surface area contributed by atoms with E-state index in [9.17, 15) is 4.21 Å². The zero-order valence-electron chi connectivity index (χ0n) is 9.89. The molecule has 0 radical (unpaired) electrons. The minimum Gasteiger partial charge on any atom is -0.306 e. The van der Waals surface area contributed by atoms with Crippen LogP contribution in [0.15, 0.2) is 18.3 Å². The first-order valence-corrected chi connectivity index (χ1v) is 7.86. The molecule has 92 valence electrons. The number of rotatable bonds is 2. The lowest BCUT2D eigenvalue weighted by Gasteiger charge is -2.26. The van der Waals surface area contributed by atoms with Crippen LogP contribution in [0.25, 0.3) is 0 Å². The predicted molar refractivity (Wildman–Crippen MR) is 69.3 cm³/mol. The Balaban J connectivity index is 1.65. The highest BCUT2D eigenvalue weighted by molar-refractivity contribution is 7.85. The Morgan fingerprint density at radius 1 is 1.29 bits per heavy atom. The van der Waals surface area contributed by atoms with Crippen molar-refractivity contribution in [3.8, 4) is 0 Å². The van der Waals surface area contributed by atoms with Crippen molar-refractivity contribution < 1.29 is 4.21 Å². The van der Waals surface area contributed by atoms with Crippen LogP contribution in [0, 0.1) is 0 Å². The largest absolute Gasteiger partial charge is 0.306 e. The van der Waals surface area contributed by atoms with E-state index in [1.165, 1.54) is 11.3 Å². The van der Waals surface area contributed by atoms with Crippen molar-refractivity contribution in [2.24, 2.45) is 0 Å². The SMILES string of the molecule is O=S1CCC(NC2CCc3cccnc32)CC1. The molecule has 0 aromatic carbocycles. The van der Waals surface area contributed by atoms with Crippen LogP contribution in [0.3, 0.4) is 0 Å². The standard InChI is InChI=1S/C13H18N2OS/c16-17-8-5-11(6-9-17)15-12-4-3-10-2-1-7-14-13(10)12/h1-2,7,11-12,15H,3-6,8-9H2. The summed E-state index contributed by atoms with van der Waals surface area (Å²) in [7, 11) is -0.565. The molecule has 1 saturated heterocycles. The summed E-state index contributed by atoms with van der Waals surface area (Å²) in [5, 5.41) is 3.70. The molecule has 1 aliphatic heterocycles. The molecule has 0 amide bonds. The molecule has 3 nitrogen and oxygen atoms in total. The quantitative estimate of drug-likeness (QED) is 0.866. The van der Waals surface area contributed by atoms with Crippen molar-refractivity contribution in [1.29, 1.82) is 0 Å². The lowest BCUT2D eigenvalue weighted by Crippen LogP contribution is -2.37. The normalized spacial score (nSPS) is 32.4. The van der Waals surface area contributed by atoms with Gasteiger partial charge in [-0.25, -0.2) is 0 Å². The molecule has 0 spiro atoms. The zero-order valence-corrected chi connectivity index (χ0v) is 10.7. The molecule has 1 aliphatic carbocycles. The van der Waals surface area contributed by atoms with Gasteiger partial charge in [0.25, 0.3) is 0 Å². The number of nitrogens with one attached hydrogen (secondary N) is 1. The fraction of sp³-hybridized carbons (Fsp3) is 0.615. The molecule has 1 unspecified atom stereocenters. The maximum atomic E-state index is 11.3. The Hall–Kier alpha value is -0.740. The van der Waals surface area contributed by atoms with Crippen molar-refractivity contribution >= 4 is 10.8 Å². The van der Waals surface area contributed by atoms with E-state index in [1.807, 2.05) is 12.3 Å². The molecular formula is C13H18N2OS. The minimum atomic E-state index is -0.565. The van der Waals surface area contributed by atoms with E-state index in [-0.39, 0.29) is 0 Å². The fourth-order valence-corrected chi connectivity index (χ4v) is 4.12. The van der Waals surface area contributed by atoms with Crippen LogP contribution in [0.1, 0.15) is 36.6 Å². The lowest BCUT2D eigenvalue weighted by atomic mass is 10.1. The van der Waals surface area contributed by atoms with Crippen molar-refractivity contribution in [3.63, 3.8) is 0 Å². The topological polar surface area (TPSA) is 42.0 Å². The molecule has 1 N–H and O–H groups in total. The van der Waals surface area contributed by atoms with Crippen LogP contribution in [0.2, 0.25) is 0 Å². The molecule has 1 fully saturated rings. The summed E-state index contributed by atoms with van der Waals surface area (Å²) in [4.78, 5) is 4.50. The second-order valence-electron chi connectivity index (χ2n) is 4.93. The number of hydrogen-bond donors (Lipinski definition) is 1. The average molecular weight is 250 g/mol. The number of hydrogen-bond acceptors (Lipinski definition) is 3. The molecule has 17 heavy (non-hydrogen) atoms. The number of aromatic nitrogens is 1. The van der Waals surface area contributed by atoms with Gasteiger partial charge in [-0.1, -0.05) is 6.07 Å². The highest BCUT2D eigenvalue weighted by Gasteiger charge is 2.27. The van der Waals surface area contributed by atoms with Crippen LogP contribution in [-0.4, -0.2) is 26.7 Å². The monoisotopic (exact) mass is 250 g/mol. The molecule has 0 saturated carbocycles. The van der Waals surface area contributed by atoms with Crippen molar-refractivity contribution in [3.05, 3.63) is 29.6 Å². The average Bonchev–Trinajstić information content (AvgIpc) is 2.76. The molecule has 2 heterocycles. The van der Waals surface area contributed by atoms with Gasteiger partial charge >= 0.3 is 0 Å². The third kappa shape index (κ3) is 2.43. The molecule has 0 bridgehead atoms. The van der Waals surface area contributed by atoms with Crippen LogP contribution < -0.4 is 5.32 Å². The number of fused-ring (bicyclic) bond motifs is 1.